The minimum atomic E-state index is -1.45. The molecule has 1 saturated heterocycles. The van der Waals surface area contributed by atoms with Gasteiger partial charge in [-0.3, -0.25) is 9.69 Å². The summed E-state index contributed by atoms with van der Waals surface area (Å²) in [6.45, 7) is 1.28. The molecule has 1 atom stereocenters. The highest BCUT2D eigenvalue weighted by Crippen LogP contribution is 2.34. The fraction of sp³-hybridized carbons (Fsp3) is 0.200. The van der Waals surface area contributed by atoms with Gasteiger partial charge in [-0.1, -0.05) is 35.0 Å². The maximum Gasteiger partial charge on any atom is 0.325 e. The van der Waals surface area contributed by atoms with Crippen LogP contribution in [0.5, 0.6) is 5.75 Å². The molecular formula is C20H16ClFN4O4. The Morgan fingerprint density at radius 2 is 2.07 bits per heavy atom. The first kappa shape index (κ1) is 19.8. The van der Waals surface area contributed by atoms with Crippen molar-refractivity contribution in [2.24, 2.45) is 0 Å². The summed E-state index contributed by atoms with van der Waals surface area (Å²) in [7, 11) is 1.54. The van der Waals surface area contributed by atoms with Crippen molar-refractivity contribution < 1.29 is 23.2 Å². The zero-order chi connectivity index (χ0) is 21.5. The number of aromatic nitrogens is 2. The molecule has 10 heteroatoms. The van der Waals surface area contributed by atoms with Crippen LogP contribution in [0.15, 0.2) is 47.0 Å². The molecule has 30 heavy (non-hydrogen) atoms. The molecule has 2 heterocycles. The van der Waals surface area contributed by atoms with Gasteiger partial charge in [0.05, 0.1) is 7.11 Å². The largest absolute Gasteiger partial charge is 0.497 e. The van der Waals surface area contributed by atoms with E-state index in [0.29, 0.717) is 17.1 Å². The fourth-order valence-corrected chi connectivity index (χ4v) is 3.61. The second kappa shape index (κ2) is 7.42. The van der Waals surface area contributed by atoms with Crippen molar-refractivity contribution in [3.63, 3.8) is 0 Å². The van der Waals surface area contributed by atoms with Gasteiger partial charge in [-0.15, -0.1) is 0 Å². The molecule has 1 N–H and O–H groups in total. The van der Waals surface area contributed by atoms with Gasteiger partial charge in [0.15, 0.2) is 0 Å². The SMILES string of the molecule is COc1cccc(-c2noc(CN3C(=O)N[C@@](C)(c4ccc(F)cc4Cl)C3=O)n2)c1. The zero-order valence-electron chi connectivity index (χ0n) is 16.0. The average Bonchev–Trinajstić information content (AvgIpc) is 3.27. The second-order valence-corrected chi connectivity index (χ2v) is 7.22. The highest BCUT2D eigenvalue weighted by atomic mass is 35.5. The summed E-state index contributed by atoms with van der Waals surface area (Å²) < 4.78 is 23.8. The number of carbonyl (C=O) groups is 2. The van der Waals surface area contributed by atoms with E-state index in [1.807, 2.05) is 0 Å². The van der Waals surface area contributed by atoms with Crippen LogP contribution in [-0.4, -0.2) is 34.1 Å². The van der Waals surface area contributed by atoms with E-state index in [2.05, 4.69) is 15.5 Å². The Kier molecular flexibility index (Phi) is 4.90. The number of ether oxygens (including phenoxy) is 1. The lowest BCUT2D eigenvalue weighted by Crippen LogP contribution is -2.41. The van der Waals surface area contributed by atoms with Crippen LogP contribution < -0.4 is 10.1 Å². The van der Waals surface area contributed by atoms with E-state index in [9.17, 15) is 14.0 Å². The summed E-state index contributed by atoms with van der Waals surface area (Å²) >= 11 is 6.10. The summed E-state index contributed by atoms with van der Waals surface area (Å²) in [5.74, 6) is -0.120. The van der Waals surface area contributed by atoms with E-state index in [4.69, 9.17) is 20.9 Å². The van der Waals surface area contributed by atoms with Gasteiger partial charge in [-0.25, -0.2) is 9.18 Å². The normalized spacial score (nSPS) is 18.6. The number of nitrogens with zero attached hydrogens (tertiary/aromatic N) is 3. The molecule has 0 saturated carbocycles. The van der Waals surface area contributed by atoms with Gasteiger partial charge in [0.1, 0.15) is 23.7 Å². The molecule has 154 valence electrons. The maximum absolute atomic E-state index is 13.4. The molecule has 8 nitrogen and oxygen atoms in total. The van der Waals surface area contributed by atoms with Crippen LogP contribution in [0.2, 0.25) is 5.02 Å². The number of nitrogens with one attached hydrogen (secondary N) is 1. The van der Waals surface area contributed by atoms with Crippen LogP contribution in [-0.2, 0) is 16.9 Å². The molecule has 0 radical (unpaired) electrons. The number of hydrogen-bond acceptors (Lipinski definition) is 6. The molecule has 1 aliphatic rings. The predicted molar refractivity (Wildman–Crippen MR) is 104 cm³/mol. The smallest absolute Gasteiger partial charge is 0.325 e. The van der Waals surface area contributed by atoms with E-state index in [1.165, 1.54) is 19.1 Å². The Labute approximate surface area is 175 Å². The number of hydrogen-bond donors (Lipinski definition) is 1. The molecule has 0 spiro atoms. The molecule has 4 rings (SSSR count). The van der Waals surface area contributed by atoms with Gasteiger partial charge in [-0.05, 0) is 31.2 Å². The van der Waals surface area contributed by atoms with Gasteiger partial charge < -0.3 is 14.6 Å². The van der Waals surface area contributed by atoms with Crippen molar-refractivity contribution in [1.82, 2.24) is 20.4 Å². The molecule has 1 fully saturated rings. The molecular weight excluding hydrogens is 415 g/mol. The lowest BCUT2D eigenvalue weighted by Gasteiger charge is -2.23. The lowest BCUT2D eigenvalue weighted by atomic mass is 9.92. The highest BCUT2D eigenvalue weighted by molar-refractivity contribution is 6.32. The van der Waals surface area contributed by atoms with Crippen LogP contribution in [0.1, 0.15) is 18.4 Å². The topological polar surface area (TPSA) is 97.6 Å². The Bertz CT molecular complexity index is 1150. The summed E-state index contributed by atoms with van der Waals surface area (Å²) in [6, 6.07) is 10.0. The van der Waals surface area contributed by atoms with Gasteiger partial charge in [-0.2, -0.15) is 4.98 Å². The van der Waals surface area contributed by atoms with Crippen molar-refractivity contribution in [2.75, 3.05) is 7.11 Å². The van der Waals surface area contributed by atoms with Crippen molar-refractivity contribution in [3.8, 4) is 17.1 Å². The molecule has 3 amide bonds. The standard InChI is InChI=1S/C20H16ClFN4O4/c1-20(14-7-6-12(22)9-15(14)21)18(27)26(19(28)24-20)10-16-23-17(25-30-16)11-4-3-5-13(8-11)29-2/h3-9H,10H2,1-2H3,(H,24,28)/t20-/m0/s1. The van der Waals surface area contributed by atoms with Gasteiger partial charge in [0, 0.05) is 16.1 Å². The van der Waals surface area contributed by atoms with Gasteiger partial charge >= 0.3 is 6.03 Å². The minimum Gasteiger partial charge on any atom is -0.497 e. The second-order valence-electron chi connectivity index (χ2n) is 6.81. The monoisotopic (exact) mass is 430 g/mol. The number of halogens is 2. The molecule has 0 bridgehead atoms. The van der Waals surface area contributed by atoms with Crippen LogP contribution in [0.25, 0.3) is 11.4 Å². The molecule has 3 aromatic rings. The van der Waals surface area contributed by atoms with Crippen LogP contribution in [0, 0.1) is 5.82 Å². The molecule has 2 aromatic carbocycles. The first-order chi connectivity index (χ1) is 14.3. The lowest BCUT2D eigenvalue weighted by molar-refractivity contribution is -0.131. The summed E-state index contributed by atoms with van der Waals surface area (Å²) in [5.41, 5.74) is -0.504. The number of carbonyl (C=O) groups excluding carboxylic acids is 2. The first-order valence-corrected chi connectivity index (χ1v) is 9.26. The third kappa shape index (κ3) is 3.37. The Balaban J connectivity index is 1.58. The molecule has 0 aliphatic carbocycles. The third-order valence-electron chi connectivity index (χ3n) is 4.83. The van der Waals surface area contributed by atoms with Gasteiger partial charge in [0.2, 0.25) is 11.7 Å². The van der Waals surface area contributed by atoms with E-state index in [0.717, 1.165) is 11.0 Å². The van der Waals surface area contributed by atoms with Gasteiger partial charge in [0.25, 0.3) is 5.91 Å². The number of methoxy groups -OCH3 is 1. The van der Waals surface area contributed by atoms with Crippen molar-refractivity contribution >= 4 is 23.5 Å². The average molecular weight is 431 g/mol. The van der Waals surface area contributed by atoms with Crippen LogP contribution in [0.3, 0.4) is 0 Å². The Morgan fingerprint density at radius 3 is 2.80 bits per heavy atom. The third-order valence-corrected chi connectivity index (χ3v) is 5.15. The number of urea groups is 1. The van der Waals surface area contributed by atoms with E-state index in [-0.39, 0.29) is 23.0 Å². The quantitative estimate of drug-likeness (QED) is 0.622. The summed E-state index contributed by atoms with van der Waals surface area (Å²) in [6.07, 6.45) is 0. The van der Waals surface area contributed by atoms with Crippen LogP contribution >= 0.6 is 11.6 Å². The zero-order valence-corrected chi connectivity index (χ0v) is 16.7. The number of amides is 3. The predicted octanol–water partition coefficient (Wildman–Crippen LogP) is 3.50. The molecule has 1 aliphatic heterocycles. The summed E-state index contributed by atoms with van der Waals surface area (Å²) in [5, 5.41) is 6.54. The van der Waals surface area contributed by atoms with E-state index in [1.54, 1.807) is 31.4 Å². The van der Waals surface area contributed by atoms with Crippen LogP contribution in [0.4, 0.5) is 9.18 Å². The minimum absolute atomic E-state index is 0.0334. The summed E-state index contributed by atoms with van der Waals surface area (Å²) in [4.78, 5) is 30.7. The number of rotatable bonds is 5. The first-order valence-electron chi connectivity index (χ1n) is 8.88. The number of benzene rings is 2. The maximum atomic E-state index is 13.4. The Morgan fingerprint density at radius 1 is 1.27 bits per heavy atom. The van der Waals surface area contributed by atoms with E-state index >= 15 is 0 Å². The fourth-order valence-electron chi connectivity index (χ4n) is 3.25. The van der Waals surface area contributed by atoms with Crippen molar-refractivity contribution in [3.05, 3.63) is 64.8 Å². The highest BCUT2D eigenvalue weighted by Gasteiger charge is 2.50. The molecule has 0 unspecified atom stereocenters. The van der Waals surface area contributed by atoms with Crippen molar-refractivity contribution in [2.45, 2.75) is 19.0 Å². The molecule has 1 aromatic heterocycles. The van der Waals surface area contributed by atoms with E-state index < -0.39 is 23.3 Å². The Hall–Kier alpha value is -3.46. The number of imide groups is 1. The van der Waals surface area contributed by atoms with Crippen molar-refractivity contribution in [1.29, 1.82) is 0 Å².